The zero-order valence-corrected chi connectivity index (χ0v) is 16.9. The minimum Gasteiger partial charge on any atom is -0.389 e. The van der Waals surface area contributed by atoms with Gasteiger partial charge in [0.15, 0.2) is 0 Å². The van der Waals surface area contributed by atoms with Gasteiger partial charge >= 0.3 is 6.18 Å². The summed E-state index contributed by atoms with van der Waals surface area (Å²) >= 11 is 0. The first kappa shape index (κ1) is 20.3. The molecule has 10 heteroatoms. The lowest BCUT2D eigenvalue weighted by Gasteiger charge is -2.18. The molecule has 0 bridgehead atoms. The van der Waals surface area contributed by atoms with E-state index >= 15 is 0 Å². The molecule has 0 aliphatic rings. The second-order valence-electron chi connectivity index (χ2n) is 7.68. The molecule has 164 valence electrons. The fraction of sp³-hybridized carbons (Fsp3) is 0.227. The van der Waals surface area contributed by atoms with Gasteiger partial charge in [0.2, 0.25) is 5.78 Å². The van der Waals surface area contributed by atoms with Crippen LogP contribution in [0.5, 0.6) is 0 Å². The summed E-state index contributed by atoms with van der Waals surface area (Å²) in [5, 5.41) is 16.3. The third-order valence-electron chi connectivity index (χ3n) is 5.52. The van der Waals surface area contributed by atoms with Gasteiger partial charge in [0.25, 0.3) is 11.4 Å². The highest BCUT2D eigenvalue weighted by Gasteiger charge is 2.37. The summed E-state index contributed by atoms with van der Waals surface area (Å²) in [6.45, 7) is 1.72. The van der Waals surface area contributed by atoms with E-state index in [1.165, 1.54) is 10.6 Å². The number of hydrogen-bond acceptors (Lipinski definition) is 4. The molecule has 0 spiro atoms. The Bertz CT molecular complexity index is 1480. The van der Waals surface area contributed by atoms with Gasteiger partial charge in [-0.3, -0.25) is 4.79 Å². The maximum atomic E-state index is 13.1. The first-order valence-corrected chi connectivity index (χ1v) is 9.92. The fourth-order valence-electron chi connectivity index (χ4n) is 4.13. The zero-order chi connectivity index (χ0) is 22.6. The van der Waals surface area contributed by atoms with E-state index in [1.54, 1.807) is 6.92 Å². The number of fused-ring (bicyclic) bond motifs is 4. The van der Waals surface area contributed by atoms with Crippen molar-refractivity contribution in [1.29, 1.82) is 0 Å². The quantitative estimate of drug-likeness (QED) is 0.464. The van der Waals surface area contributed by atoms with Crippen LogP contribution in [0, 0.1) is 6.92 Å². The Labute approximate surface area is 179 Å². The molecule has 0 amide bonds. The first-order valence-electron chi connectivity index (χ1n) is 9.92. The van der Waals surface area contributed by atoms with Gasteiger partial charge in [-0.2, -0.15) is 22.7 Å². The molecule has 1 unspecified atom stereocenters. The summed E-state index contributed by atoms with van der Waals surface area (Å²) in [4.78, 5) is 15.7. The van der Waals surface area contributed by atoms with Gasteiger partial charge in [-0.25, -0.2) is 0 Å². The first-order chi connectivity index (χ1) is 15.2. The molecule has 0 saturated heterocycles. The molecule has 3 aromatic heterocycles. The van der Waals surface area contributed by atoms with E-state index in [1.807, 2.05) is 53.1 Å². The average Bonchev–Trinajstić information content (AvgIpc) is 3.33. The fourth-order valence-corrected chi connectivity index (χ4v) is 4.13. The van der Waals surface area contributed by atoms with Gasteiger partial charge in [-0.15, -0.1) is 5.10 Å². The van der Waals surface area contributed by atoms with Gasteiger partial charge in [-0.05, 0) is 19.1 Å². The molecule has 5 rings (SSSR count). The summed E-state index contributed by atoms with van der Waals surface area (Å²) in [6.07, 6.45) is -5.75. The van der Waals surface area contributed by atoms with Crippen molar-refractivity contribution in [2.45, 2.75) is 32.3 Å². The van der Waals surface area contributed by atoms with E-state index in [-0.39, 0.29) is 18.9 Å². The molecule has 0 radical (unpaired) electrons. The number of benzene rings is 2. The third-order valence-corrected chi connectivity index (χ3v) is 5.52. The van der Waals surface area contributed by atoms with E-state index in [2.05, 4.69) is 10.1 Å². The van der Waals surface area contributed by atoms with Crippen LogP contribution in [0.4, 0.5) is 13.2 Å². The Morgan fingerprint density at radius 3 is 2.12 bits per heavy atom. The molecule has 1 N–H and O–H groups in total. The number of rotatable bonds is 4. The Hall–Kier alpha value is -3.66. The summed E-state index contributed by atoms with van der Waals surface area (Å²) in [6, 6.07) is 16.8. The molecule has 3 heterocycles. The molecule has 1 atom stereocenters. The minimum absolute atomic E-state index is 0.0631. The number of aliphatic hydroxyl groups is 1. The molecular weight excluding hydrogens is 423 g/mol. The lowest BCUT2D eigenvalue weighted by atomic mass is 10.2. The Kier molecular flexibility index (Phi) is 4.55. The smallest absolute Gasteiger partial charge is 0.389 e. The van der Waals surface area contributed by atoms with Crippen LogP contribution >= 0.6 is 0 Å². The maximum Gasteiger partial charge on any atom is 0.453 e. The lowest BCUT2D eigenvalue weighted by Crippen LogP contribution is -2.27. The molecule has 2 aromatic carbocycles. The second-order valence-corrected chi connectivity index (χ2v) is 7.68. The predicted octanol–water partition coefficient (Wildman–Crippen LogP) is 3.39. The van der Waals surface area contributed by atoms with Crippen molar-refractivity contribution in [3.63, 3.8) is 0 Å². The van der Waals surface area contributed by atoms with Gasteiger partial charge in [0.05, 0.1) is 19.2 Å². The van der Waals surface area contributed by atoms with E-state index < -0.39 is 23.7 Å². The summed E-state index contributed by atoms with van der Waals surface area (Å²) in [5.41, 5.74) is 1.55. The SMILES string of the molecule is Cc1cc(=O)n2nc(C(F)(F)F)nc2n1CC(O)Cn1c2ccccc2c2ccccc21. The molecule has 0 saturated carbocycles. The van der Waals surface area contributed by atoms with Crippen LogP contribution in [0.15, 0.2) is 59.4 Å². The van der Waals surface area contributed by atoms with Crippen molar-refractivity contribution >= 4 is 27.6 Å². The van der Waals surface area contributed by atoms with Gasteiger partial charge < -0.3 is 14.2 Å². The summed E-state index contributed by atoms with van der Waals surface area (Å²) < 4.78 is 43.3. The lowest BCUT2D eigenvalue weighted by molar-refractivity contribution is -0.144. The molecule has 0 aliphatic heterocycles. The van der Waals surface area contributed by atoms with E-state index in [0.717, 1.165) is 21.8 Å². The predicted molar refractivity (Wildman–Crippen MR) is 112 cm³/mol. The van der Waals surface area contributed by atoms with E-state index in [9.17, 15) is 23.1 Å². The van der Waals surface area contributed by atoms with Crippen molar-refractivity contribution in [2.75, 3.05) is 0 Å². The number of aryl methyl sites for hydroxylation is 1. The number of para-hydroxylation sites is 2. The molecule has 0 aliphatic carbocycles. The number of aliphatic hydroxyl groups excluding tert-OH is 1. The van der Waals surface area contributed by atoms with Crippen molar-refractivity contribution in [3.8, 4) is 0 Å². The standard InChI is InChI=1S/C22H18F3N5O2/c1-13-10-19(32)30-21(26-20(27-30)22(23,24)25)28(13)11-14(31)12-29-17-8-4-2-6-15(17)16-7-3-5-9-18(16)29/h2-10,14,31H,11-12H2,1H3. The zero-order valence-electron chi connectivity index (χ0n) is 16.9. The van der Waals surface area contributed by atoms with Crippen LogP contribution in [0.3, 0.4) is 0 Å². The Morgan fingerprint density at radius 2 is 1.53 bits per heavy atom. The van der Waals surface area contributed by atoms with Crippen LogP contribution in [0.25, 0.3) is 27.6 Å². The number of aromatic nitrogens is 5. The van der Waals surface area contributed by atoms with Crippen LogP contribution in [-0.2, 0) is 19.3 Å². The maximum absolute atomic E-state index is 13.1. The average molecular weight is 441 g/mol. The largest absolute Gasteiger partial charge is 0.453 e. The van der Waals surface area contributed by atoms with Crippen molar-refractivity contribution < 1.29 is 18.3 Å². The van der Waals surface area contributed by atoms with Crippen LogP contribution in [-0.4, -0.2) is 34.9 Å². The highest BCUT2D eigenvalue weighted by Crippen LogP contribution is 2.29. The van der Waals surface area contributed by atoms with E-state index in [4.69, 9.17) is 0 Å². The van der Waals surface area contributed by atoms with Crippen LogP contribution < -0.4 is 5.56 Å². The van der Waals surface area contributed by atoms with Crippen molar-refractivity contribution in [1.82, 2.24) is 23.7 Å². The van der Waals surface area contributed by atoms with Gasteiger partial charge in [-0.1, -0.05) is 36.4 Å². The molecule has 32 heavy (non-hydrogen) atoms. The molecular formula is C22H18F3N5O2. The monoisotopic (exact) mass is 441 g/mol. The Morgan fingerprint density at radius 1 is 0.969 bits per heavy atom. The molecule has 0 fully saturated rings. The topological polar surface area (TPSA) is 77.3 Å². The number of hydrogen-bond donors (Lipinski definition) is 1. The number of nitrogens with zero attached hydrogens (tertiary/aromatic N) is 5. The third kappa shape index (κ3) is 3.23. The second kappa shape index (κ2) is 7.20. The summed E-state index contributed by atoms with van der Waals surface area (Å²) in [7, 11) is 0. The van der Waals surface area contributed by atoms with Gasteiger partial charge in [0.1, 0.15) is 0 Å². The number of halogens is 3. The van der Waals surface area contributed by atoms with Crippen LogP contribution in [0.1, 0.15) is 11.5 Å². The summed E-state index contributed by atoms with van der Waals surface area (Å²) in [5.74, 6) is -1.66. The van der Waals surface area contributed by atoms with Crippen LogP contribution in [0.2, 0.25) is 0 Å². The minimum atomic E-state index is -4.79. The van der Waals surface area contributed by atoms with Gasteiger partial charge in [0, 0.05) is 33.6 Å². The Balaban J connectivity index is 1.56. The number of alkyl halides is 3. The molecule has 7 nitrogen and oxygen atoms in total. The van der Waals surface area contributed by atoms with E-state index in [0.29, 0.717) is 10.2 Å². The normalized spacial score (nSPS) is 13.4. The highest BCUT2D eigenvalue weighted by molar-refractivity contribution is 6.07. The highest BCUT2D eigenvalue weighted by atomic mass is 19.4. The van der Waals surface area contributed by atoms with Crippen molar-refractivity contribution in [2.24, 2.45) is 0 Å². The van der Waals surface area contributed by atoms with Crippen molar-refractivity contribution in [3.05, 3.63) is 76.5 Å². The molecule has 5 aromatic rings.